The molecule has 3 amide bonds. The maximum Gasteiger partial charge on any atom is 0.408 e. The molecule has 0 saturated heterocycles. The average Bonchev–Trinajstić information content (AvgIpc) is 3.08. The monoisotopic (exact) mass is 661 g/mol. The Morgan fingerprint density at radius 2 is 1.11 bits per heavy atom. The van der Waals surface area contributed by atoms with E-state index in [4.69, 9.17) is 33.5 Å². The molecule has 14 heteroatoms. The normalized spacial score (nSPS) is 11.3. The molecule has 1 atom stereocenters. The number of hydrogen-bond acceptors (Lipinski definition) is 10. The Hall–Kier alpha value is -4.24. The van der Waals surface area contributed by atoms with E-state index in [-0.39, 0.29) is 45.3 Å². The largest absolute Gasteiger partial charge is 0.481 e. The highest BCUT2D eigenvalue weighted by Crippen LogP contribution is 2.05. The number of aliphatic carboxylic acids is 1. The second-order valence-electron chi connectivity index (χ2n) is 10.1. The van der Waals surface area contributed by atoms with E-state index in [1.54, 1.807) is 0 Å². The van der Waals surface area contributed by atoms with Gasteiger partial charge >= 0.3 is 18.2 Å². The second-order valence-corrected chi connectivity index (χ2v) is 10.1. The van der Waals surface area contributed by atoms with Crippen LogP contribution >= 0.6 is 0 Å². The van der Waals surface area contributed by atoms with Gasteiger partial charge < -0.3 is 49.5 Å². The minimum Gasteiger partial charge on any atom is -0.481 e. The highest BCUT2D eigenvalue weighted by molar-refractivity contribution is 5.85. The lowest BCUT2D eigenvalue weighted by Crippen LogP contribution is -2.47. The first-order valence-corrected chi connectivity index (χ1v) is 15.7. The van der Waals surface area contributed by atoms with Gasteiger partial charge in [-0.05, 0) is 30.4 Å². The van der Waals surface area contributed by atoms with Gasteiger partial charge in [-0.3, -0.25) is 9.59 Å². The van der Waals surface area contributed by atoms with Crippen molar-refractivity contribution in [3.8, 4) is 0 Å². The molecule has 2 aromatic carbocycles. The zero-order valence-electron chi connectivity index (χ0n) is 26.7. The number of carbonyl (C=O) groups excluding carboxylic acids is 3. The average molecular weight is 662 g/mol. The second kappa shape index (κ2) is 25.9. The summed E-state index contributed by atoms with van der Waals surface area (Å²) in [6.45, 7) is 3.30. The van der Waals surface area contributed by atoms with E-state index in [0.717, 1.165) is 11.1 Å². The van der Waals surface area contributed by atoms with Crippen LogP contribution in [0.15, 0.2) is 60.7 Å². The Kier molecular flexibility index (Phi) is 21.5. The molecule has 0 aliphatic heterocycles. The van der Waals surface area contributed by atoms with E-state index in [0.29, 0.717) is 65.4 Å². The van der Waals surface area contributed by atoms with E-state index >= 15 is 0 Å². The molecule has 0 aliphatic carbocycles. The third-order valence-corrected chi connectivity index (χ3v) is 6.34. The Balaban J connectivity index is 1.60. The van der Waals surface area contributed by atoms with Crippen molar-refractivity contribution in [2.24, 2.45) is 0 Å². The summed E-state index contributed by atoms with van der Waals surface area (Å²) in [4.78, 5) is 47.7. The van der Waals surface area contributed by atoms with Crippen LogP contribution in [0.3, 0.4) is 0 Å². The Bertz CT molecular complexity index is 1140. The van der Waals surface area contributed by atoms with Gasteiger partial charge in [-0.25, -0.2) is 9.59 Å². The van der Waals surface area contributed by atoms with E-state index in [9.17, 15) is 19.2 Å². The molecule has 0 saturated carbocycles. The summed E-state index contributed by atoms with van der Waals surface area (Å²) in [6, 6.07) is 17.7. The molecular formula is C33H47N3O11. The number of carboxylic acids is 1. The molecule has 260 valence electrons. The number of alkyl carbamates (subject to hydrolysis) is 2. The SMILES string of the molecule is O=C(O)CCOCCOCCOCCOCCNC(=O)C(CCCCNC(=O)OCc1ccccc1)NC(=O)OCc1ccccc1. The summed E-state index contributed by atoms with van der Waals surface area (Å²) in [6.07, 6.45) is 0.174. The van der Waals surface area contributed by atoms with Crippen LogP contribution in [0.5, 0.6) is 0 Å². The molecule has 0 spiro atoms. The van der Waals surface area contributed by atoms with E-state index in [2.05, 4.69) is 16.0 Å². The first-order chi connectivity index (χ1) is 22.9. The van der Waals surface area contributed by atoms with E-state index in [1.165, 1.54) is 0 Å². The van der Waals surface area contributed by atoms with Crippen LogP contribution < -0.4 is 16.0 Å². The van der Waals surface area contributed by atoms with Gasteiger partial charge in [-0.15, -0.1) is 0 Å². The third-order valence-electron chi connectivity index (χ3n) is 6.34. The van der Waals surface area contributed by atoms with Crippen molar-refractivity contribution < 1.29 is 52.7 Å². The molecule has 4 N–H and O–H groups in total. The van der Waals surface area contributed by atoms with Crippen LogP contribution in [-0.2, 0) is 51.2 Å². The fraction of sp³-hybridized carbons (Fsp3) is 0.515. The first kappa shape index (κ1) is 38.9. The predicted octanol–water partition coefficient (Wildman–Crippen LogP) is 3.04. The van der Waals surface area contributed by atoms with Gasteiger partial charge in [0.15, 0.2) is 0 Å². The van der Waals surface area contributed by atoms with Crippen molar-refractivity contribution in [1.29, 1.82) is 0 Å². The Morgan fingerprint density at radius 1 is 0.596 bits per heavy atom. The van der Waals surface area contributed by atoms with Crippen LogP contribution in [0.25, 0.3) is 0 Å². The molecule has 2 rings (SSSR count). The molecule has 0 bridgehead atoms. The van der Waals surface area contributed by atoms with Crippen molar-refractivity contribution in [2.45, 2.75) is 44.9 Å². The summed E-state index contributed by atoms with van der Waals surface area (Å²) in [5.74, 6) is -1.28. The van der Waals surface area contributed by atoms with Crippen molar-refractivity contribution in [3.63, 3.8) is 0 Å². The Labute approximate surface area is 275 Å². The molecule has 2 aromatic rings. The minimum atomic E-state index is -0.904. The van der Waals surface area contributed by atoms with Crippen molar-refractivity contribution >= 4 is 24.1 Å². The van der Waals surface area contributed by atoms with Crippen molar-refractivity contribution in [3.05, 3.63) is 71.8 Å². The van der Waals surface area contributed by atoms with Crippen LogP contribution in [-0.4, -0.2) is 101 Å². The number of carboxylic acid groups (broad SMARTS) is 1. The Morgan fingerprint density at radius 3 is 1.66 bits per heavy atom. The van der Waals surface area contributed by atoms with Crippen molar-refractivity contribution in [1.82, 2.24) is 16.0 Å². The number of rotatable bonds is 26. The van der Waals surface area contributed by atoms with Crippen LogP contribution in [0.2, 0.25) is 0 Å². The molecule has 0 heterocycles. The minimum absolute atomic E-state index is 0.0386. The molecule has 0 aromatic heterocycles. The zero-order valence-corrected chi connectivity index (χ0v) is 26.7. The van der Waals surface area contributed by atoms with Gasteiger partial charge in [-0.1, -0.05) is 60.7 Å². The first-order valence-electron chi connectivity index (χ1n) is 15.7. The molecule has 47 heavy (non-hydrogen) atoms. The number of hydrogen-bond donors (Lipinski definition) is 4. The topological polar surface area (TPSA) is 180 Å². The quantitative estimate of drug-likeness (QED) is 0.109. The fourth-order valence-corrected chi connectivity index (χ4v) is 3.90. The summed E-state index contributed by atoms with van der Waals surface area (Å²) in [7, 11) is 0. The van der Waals surface area contributed by atoms with Crippen molar-refractivity contribution in [2.75, 3.05) is 65.9 Å². The molecule has 0 radical (unpaired) electrons. The summed E-state index contributed by atoms with van der Waals surface area (Å²) in [5, 5.41) is 16.6. The zero-order chi connectivity index (χ0) is 33.8. The van der Waals surface area contributed by atoms with Crippen LogP contribution in [0.4, 0.5) is 9.59 Å². The lowest BCUT2D eigenvalue weighted by Gasteiger charge is -2.18. The molecule has 0 aliphatic rings. The lowest BCUT2D eigenvalue weighted by atomic mass is 10.1. The van der Waals surface area contributed by atoms with Crippen LogP contribution in [0, 0.1) is 0 Å². The fourth-order valence-electron chi connectivity index (χ4n) is 3.90. The maximum atomic E-state index is 12.9. The van der Waals surface area contributed by atoms with E-state index in [1.807, 2.05) is 60.7 Å². The summed E-state index contributed by atoms with van der Waals surface area (Å²) < 4.78 is 31.9. The summed E-state index contributed by atoms with van der Waals surface area (Å²) in [5.41, 5.74) is 1.71. The van der Waals surface area contributed by atoms with Gasteiger partial charge in [0, 0.05) is 13.1 Å². The summed E-state index contributed by atoms with van der Waals surface area (Å²) >= 11 is 0. The van der Waals surface area contributed by atoms with Crippen LogP contribution in [0.1, 0.15) is 36.8 Å². The highest BCUT2D eigenvalue weighted by atomic mass is 16.6. The van der Waals surface area contributed by atoms with Gasteiger partial charge in [0.25, 0.3) is 0 Å². The lowest BCUT2D eigenvalue weighted by molar-refractivity contribution is -0.138. The number of ether oxygens (including phenoxy) is 6. The number of unbranched alkanes of at least 4 members (excludes halogenated alkanes) is 1. The van der Waals surface area contributed by atoms with E-state index < -0.39 is 24.2 Å². The molecule has 1 unspecified atom stereocenters. The predicted molar refractivity (Wildman–Crippen MR) is 171 cm³/mol. The number of carbonyl (C=O) groups is 4. The highest BCUT2D eigenvalue weighted by Gasteiger charge is 2.21. The number of amides is 3. The molecule has 14 nitrogen and oxygen atoms in total. The van der Waals surface area contributed by atoms with Gasteiger partial charge in [0.2, 0.25) is 5.91 Å². The third kappa shape index (κ3) is 21.2. The standard InChI is InChI=1S/C33H47N3O11/c37-30(38)14-17-42-19-21-44-23-24-45-22-20-43-18-16-34-31(39)29(36-33(41)47-26-28-11-5-2-6-12-28)13-7-8-15-35-32(40)46-25-27-9-3-1-4-10-27/h1-6,9-12,29H,7-8,13-26H2,(H,34,39)(H,35,40)(H,36,41)(H,37,38). The molecule has 0 fully saturated rings. The maximum absolute atomic E-state index is 12.9. The number of nitrogens with one attached hydrogen (secondary N) is 3. The smallest absolute Gasteiger partial charge is 0.408 e. The van der Waals surface area contributed by atoms with Gasteiger partial charge in [0.05, 0.1) is 59.3 Å². The number of benzene rings is 2. The molecular weight excluding hydrogens is 614 g/mol. The van der Waals surface area contributed by atoms with Gasteiger partial charge in [-0.2, -0.15) is 0 Å². The van der Waals surface area contributed by atoms with Gasteiger partial charge in [0.1, 0.15) is 19.3 Å².